The van der Waals surface area contributed by atoms with Crippen molar-refractivity contribution in [1.29, 1.82) is 0 Å². The van der Waals surface area contributed by atoms with Crippen LogP contribution in [0.4, 0.5) is 0 Å². The van der Waals surface area contributed by atoms with E-state index in [4.69, 9.17) is 5.73 Å². The van der Waals surface area contributed by atoms with Gasteiger partial charge in [0.1, 0.15) is 0 Å². The van der Waals surface area contributed by atoms with Crippen LogP contribution in [-0.2, 0) is 0 Å². The second kappa shape index (κ2) is 3.96. The number of hydrogen-bond acceptors (Lipinski definition) is 3. The van der Waals surface area contributed by atoms with Crippen LogP contribution in [0.2, 0.25) is 0 Å². The lowest BCUT2D eigenvalue weighted by molar-refractivity contribution is 0.772. The van der Waals surface area contributed by atoms with Crippen molar-refractivity contribution < 1.29 is 0 Å². The molecule has 0 bridgehead atoms. The van der Waals surface area contributed by atoms with Crippen LogP contribution >= 0.6 is 0 Å². The van der Waals surface area contributed by atoms with Crippen molar-refractivity contribution in [3.8, 4) is 5.69 Å². The highest BCUT2D eigenvalue weighted by Crippen LogP contribution is 2.38. The molecule has 88 valence electrons. The third-order valence-corrected chi connectivity index (χ3v) is 3.11. The Hall–Kier alpha value is -1.68. The highest BCUT2D eigenvalue weighted by atomic mass is 15.3. The van der Waals surface area contributed by atoms with E-state index in [0.717, 1.165) is 11.4 Å². The fourth-order valence-electron chi connectivity index (χ4n) is 1.88. The molecular formula is C13H16N4. The second-order valence-electron chi connectivity index (χ2n) is 4.69. The van der Waals surface area contributed by atoms with Gasteiger partial charge in [0, 0.05) is 18.2 Å². The Labute approximate surface area is 100 Å². The molecule has 4 nitrogen and oxygen atoms in total. The summed E-state index contributed by atoms with van der Waals surface area (Å²) >= 11 is 0. The maximum absolute atomic E-state index is 5.77. The first-order valence-corrected chi connectivity index (χ1v) is 6.01. The monoisotopic (exact) mass is 228 g/mol. The van der Waals surface area contributed by atoms with Gasteiger partial charge < -0.3 is 5.73 Å². The fraction of sp³-hybridized carbons (Fsp3) is 0.385. The van der Waals surface area contributed by atoms with Crippen LogP contribution < -0.4 is 5.73 Å². The van der Waals surface area contributed by atoms with Gasteiger partial charge in [-0.1, -0.05) is 0 Å². The van der Waals surface area contributed by atoms with Gasteiger partial charge in [0.2, 0.25) is 0 Å². The van der Waals surface area contributed by atoms with Crippen molar-refractivity contribution in [3.05, 3.63) is 42.0 Å². The molecule has 1 aliphatic carbocycles. The minimum atomic E-state index is -0.0244. The average molecular weight is 228 g/mol. The summed E-state index contributed by atoms with van der Waals surface area (Å²) in [6, 6.07) is 6.04. The van der Waals surface area contributed by atoms with Crippen molar-refractivity contribution in [2.45, 2.75) is 31.7 Å². The van der Waals surface area contributed by atoms with Gasteiger partial charge in [-0.25, -0.2) is 4.68 Å². The predicted molar refractivity (Wildman–Crippen MR) is 65.9 cm³/mol. The van der Waals surface area contributed by atoms with Crippen LogP contribution in [0.15, 0.2) is 30.6 Å². The Balaban J connectivity index is 1.86. The summed E-state index contributed by atoms with van der Waals surface area (Å²) in [5.74, 6) is 0.688. The molecule has 3 rings (SSSR count). The van der Waals surface area contributed by atoms with Crippen LogP contribution in [0.25, 0.3) is 5.69 Å². The van der Waals surface area contributed by atoms with E-state index in [-0.39, 0.29) is 6.04 Å². The Morgan fingerprint density at radius 2 is 2.18 bits per heavy atom. The number of hydrogen-bond donors (Lipinski definition) is 1. The van der Waals surface area contributed by atoms with E-state index in [0.29, 0.717) is 5.92 Å². The molecule has 0 amide bonds. The first kappa shape index (κ1) is 10.5. The van der Waals surface area contributed by atoms with Gasteiger partial charge in [-0.15, -0.1) is 0 Å². The molecule has 0 radical (unpaired) electrons. The molecule has 2 N–H and O–H groups in total. The van der Waals surface area contributed by atoms with Gasteiger partial charge >= 0.3 is 0 Å². The molecule has 2 heterocycles. The van der Waals surface area contributed by atoms with Gasteiger partial charge in [-0.05, 0) is 38.0 Å². The summed E-state index contributed by atoms with van der Waals surface area (Å²) in [4.78, 5) is 4.34. The molecule has 0 aromatic carbocycles. The highest BCUT2D eigenvalue weighted by molar-refractivity contribution is 5.30. The summed E-state index contributed by atoms with van der Waals surface area (Å²) in [5, 5.41) is 4.56. The largest absolute Gasteiger partial charge is 0.323 e. The minimum Gasteiger partial charge on any atom is -0.323 e. The first-order chi connectivity index (χ1) is 8.24. The first-order valence-electron chi connectivity index (χ1n) is 6.01. The van der Waals surface area contributed by atoms with E-state index in [1.165, 1.54) is 18.5 Å². The maximum Gasteiger partial charge on any atom is 0.0829 e. The lowest BCUT2D eigenvalue weighted by Gasteiger charge is -2.05. The molecule has 1 saturated carbocycles. The smallest absolute Gasteiger partial charge is 0.0829 e. The van der Waals surface area contributed by atoms with Crippen molar-refractivity contribution in [2.75, 3.05) is 0 Å². The third-order valence-electron chi connectivity index (χ3n) is 3.11. The van der Waals surface area contributed by atoms with Crippen molar-refractivity contribution in [1.82, 2.24) is 14.8 Å². The molecule has 2 aromatic heterocycles. The third kappa shape index (κ3) is 2.08. The molecule has 1 aliphatic rings. The van der Waals surface area contributed by atoms with Crippen molar-refractivity contribution in [2.24, 2.45) is 5.73 Å². The van der Waals surface area contributed by atoms with Gasteiger partial charge in [0.05, 0.1) is 23.3 Å². The molecule has 4 heteroatoms. The highest BCUT2D eigenvalue weighted by Gasteiger charge is 2.25. The van der Waals surface area contributed by atoms with Crippen molar-refractivity contribution >= 4 is 0 Å². The lowest BCUT2D eigenvalue weighted by atomic mass is 10.2. The normalized spacial score (nSPS) is 17.1. The molecule has 2 aromatic rings. The summed E-state index contributed by atoms with van der Waals surface area (Å²) < 4.78 is 1.88. The summed E-state index contributed by atoms with van der Waals surface area (Å²) in [7, 11) is 0. The molecule has 1 fully saturated rings. The van der Waals surface area contributed by atoms with E-state index < -0.39 is 0 Å². The van der Waals surface area contributed by atoms with Gasteiger partial charge in [-0.3, -0.25) is 4.98 Å². The number of rotatable bonds is 3. The summed E-state index contributed by atoms with van der Waals surface area (Å²) in [6.45, 7) is 1.93. The standard InChI is InChI=1S/C13H16N4/c1-9(14)12-5-4-11(8-15-12)17-7-6-13(16-17)10-2-3-10/h4-10H,2-3,14H2,1H3/t9-/m0/s1. The van der Waals surface area contributed by atoms with E-state index in [2.05, 4.69) is 16.1 Å². The average Bonchev–Trinajstić information content (AvgIpc) is 3.07. The molecule has 0 unspecified atom stereocenters. The predicted octanol–water partition coefficient (Wildman–Crippen LogP) is 2.16. The number of pyridine rings is 1. The Morgan fingerprint density at radius 3 is 2.76 bits per heavy atom. The lowest BCUT2D eigenvalue weighted by Crippen LogP contribution is -2.07. The topological polar surface area (TPSA) is 56.7 Å². The zero-order valence-corrected chi connectivity index (χ0v) is 9.87. The number of aromatic nitrogens is 3. The van der Waals surface area contributed by atoms with Crippen LogP contribution in [0.1, 0.15) is 43.1 Å². The van der Waals surface area contributed by atoms with E-state index in [9.17, 15) is 0 Å². The summed E-state index contributed by atoms with van der Waals surface area (Å²) in [6.07, 6.45) is 6.37. The van der Waals surface area contributed by atoms with E-state index in [1.54, 1.807) is 0 Å². The quantitative estimate of drug-likeness (QED) is 0.875. The molecule has 17 heavy (non-hydrogen) atoms. The van der Waals surface area contributed by atoms with Gasteiger partial charge in [-0.2, -0.15) is 5.10 Å². The van der Waals surface area contributed by atoms with E-state index in [1.807, 2.05) is 36.1 Å². The Kier molecular flexibility index (Phi) is 2.44. The second-order valence-corrected chi connectivity index (χ2v) is 4.69. The fourth-order valence-corrected chi connectivity index (χ4v) is 1.88. The van der Waals surface area contributed by atoms with E-state index >= 15 is 0 Å². The molecule has 0 saturated heterocycles. The Bertz CT molecular complexity index is 508. The number of nitrogens with two attached hydrogens (primary N) is 1. The minimum absolute atomic E-state index is 0.0244. The maximum atomic E-state index is 5.77. The molecule has 0 spiro atoms. The van der Waals surface area contributed by atoms with Crippen LogP contribution in [0, 0.1) is 0 Å². The molecule has 0 aliphatic heterocycles. The molecule has 1 atom stereocenters. The molecular weight excluding hydrogens is 212 g/mol. The zero-order chi connectivity index (χ0) is 11.8. The zero-order valence-electron chi connectivity index (χ0n) is 9.87. The van der Waals surface area contributed by atoms with Gasteiger partial charge in [0.15, 0.2) is 0 Å². The van der Waals surface area contributed by atoms with Crippen LogP contribution in [0.3, 0.4) is 0 Å². The van der Waals surface area contributed by atoms with Crippen LogP contribution in [0.5, 0.6) is 0 Å². The summed E-state index contributed by atoms with van der Waals surface area (Å²) in [5.41, 5.74) is 8.86. The van der Waals surface area contributed by atoms with Gasteiger partial charge in [0.25, 0.3) is 0 Å². The van der Waals surface area contributed by atoms with Crippen LogP contribution in [-0.4, -0.2) is 14.8 Å². The SMILES string of the molecule is C[C@H](N)c1ccc(-n2ccc(C3CC3)n2)cn1. The van der Waals surface area contributed by atoms with Crippen molar-refractivity contribution in [3.63, 3.8) is 0 Å². The Morgan fingerprint density at radius 1 is 1.35 bits per heavy atom. The number of nitrogens with zero attached hydrogens (tertiary/aromatic N) is 3.